The molecule has 132 valence electrons. The van der Waals surface area contributed by atoms with Crippen LogP contribution in [0, 0.1) is 0 Å². The van der Waals surface area contributed by atoms with Crippen molar-refractivity contribution in [2.75, 3.05) is 25.5 Å². The summed E-state index contributed by atoms with van der Waals surface area (Å²) in [4.78, 5) is 19.4. The predicted octanol–water partition coefficient (Wildman–Crippen LogP) is 4.74. The van der Waals surface area contributed by atoms with Crippen LogP contribution in [0.2, 0.25) is 10.0 Å². The zero-order valence-corrected chi connectivity index (χ0v) is 16.3. The molecule has 0 bridgehead atoms. The fraction of sp³-hybridized carbons (Fsp3) is 0.529. The maximum atomic E-state index is 13.0. The van der Waals surface area contributed by atoms with Crippen LogP contribution < -0.4 is 0 Å². The molecule has 7 heteroatoms. The third-order valence-corrected chi connectivity index (χ3v) is 5.42. The van der Waals surface area contributed by atoms with E-state index in [0.29, 0.717) is 35.4 Å². The maximum absolute atomic E-state index is 13.0. The summed E-state index contributed by atoms with van der Waals surface area (Å²) in [6.45, 7) is 6.08. The molecule has 0 radical (unpaired) electrons. The van der Waals surface area contributed by atoms with E-state index in [1.807, 2.05) is 6.92 Å². The summed E-state index contributed by atoms with van der Waals surface area (Å²) in [6.07, 6.45) is 1.71. The van der Waals surface area contributed by atoms with Gasteiger partial charge in [-0.15, -0.1) is 0 Å². The van der Waals surface area contributed by atoms with Crippen molar-refractivity contribution >= 4 is 46.0 Å². The minimum absolute atomic E-state index is 0.128. The number of ether oxygens (including phenoxy) is 1. The molecular formula is C17H22Cl2N2O2S. The highest BCUT2D eigenvalue weighted by Crippen LogP contribution is 2.30. The molecule has 1 aromatic carbocycles. The van der Waals surface area contributed by atoms with Gasteiger partial charge in [0, 0.05) is 36.6 Å². The average molecular weight is 389 g/mol. The second kappa shape index (κ2) is 9.66. The van der Waals surface area contributed by atoms with Gasteiger partial charge in [0.15, 0.2) is 5.17 Å². The number of aliphatic imine (C=N–C) groups is 1. The number of amides is 1. The first-order chi connectivity index (χ1) is 11.6. The van der Waals surface area contributed by atoms with Gasteiger partial charge in [0.1, 0.15) is 0 Å². The van der Waals surface area contributed by atoms with Crippen molar-refractivity contribution in [1.82, 2.24) is 4.90 Å². The Labute approximate surface area is 157 Å². The monoisotopic (exact) mass is 388 g/mol. The number of rotatable bonds is 7. The largest absolute Gasteiger partial charge is 0.382 e. The van der Waals surface area contributed by atoms with E-state index in [1.54, 1.807) is 34.9 Å². The highest BCUT2D eigenvalue weighted by molar-refractivity contribution is 8.14. The molecule has 0 saturated carbocycles. The summed E-state index contributed by atoms with van der Waals surface area (Å²) in [5.41, 5.74) is 0.423. The Morgan fingerprint density at radius 2 is 2.21 bits per heavy atom. The molecule has 1 amide bonds. The summed E-state index contributed by atoms with van der Waals surface area (Å²) < 4.78 is 5.32. The van der Waals surface area contributed by atoms with Gasteiger partial charge in [-0.1, -0.05) is 41.9 Å². The minimum Gasteiger partial charge on any atom is -0.382 e. The van der Waals surface area contributed by atoms with Crippen LogP contribution in [0.4, 0.5) is 0 Å². The first-order valence-electron chi connectivity index (χ1n) is 8.12. The molecule has 1 atom stereocenters. The molecule has 0 spiro atoms. The van der Waals surface area contributed by atoms with Gasteiger partial charge in [-0.05, 0) is 38.0 Å². The first-order valence-corrected chi connectivity index (χ1v) is 9.86. The van der Waals surface area contributed by atoms with E-state index in [1.165, 1.54) is 0 Å². The van der Waals surface area contributed by atoms with Gasteiger partial charge in [-0.3, -0.25) is 14.7 Å². The summed E-state index contributed by atoms with van der Waals surface area (Å²) in [6, 6.07) is 5.08. The van der Waals surface area contributed by atoms with E-state index in [2.05, 4.69) is 11.9 Å². The van der Waals surface area contributed by atoms with Crippen LogP contribution >= 0.6 is 35.0 Å². The van der Waals surface area contributed by atoms with Gasteiger partial charge in [0.25, 0.3) is 5.91 Å². The molecule has 24 heavy (non-hydrogen) atoms. The SMILES string of the molecule is CCOCCCN=C1SC[C@@H](CC)N1C(=O)c1cc(Cl)ccc1Cl. The summed E-state index contributed by atoms with van der Waals surface area (Å²) in [5.74, 6) is 0.716. The second-order valence-electron chi connectivity index (χ2n) is 5.39. The van der Waals surface area contributed by atoms with Crippen molar-refractivity contribution < 1.29 is 9.53 Å². The van der Waals surface area contributed by atoms with Crippen molar-refractivity contribution in [3.05, 3.63) is 33.8 Å². The number of hydrogen-bond acceptors (Lipinski definition) is 4. The molecule has 1 aliphatic heterocycles. The zero-order chi connectivity index (χ0) is 17.5. The van der Waals surface area contributed by atoms with Crippen molar-refractivity contribution in [3.63, 3.8) is 0 Å². The highest BCUT2D eigenvalue weighted by atomic mass is 35.5. The van der Waals surface area contributed by atoms with Gasteiger partial charge < -0.3 is 4.74 Å². The standard InChI is InChI=1S/C17H22Cl2N2O2S/c1-3-13-11-24-17(20-8-5-9-23-4-2)21(13)16(22)14-10-12(18)6-7-15(14)19/h6-7,10,13H,3-5,8-9,11H2,1-2H3/t13-/m1/s1. The topological polar surface area (TPSA) is 41.9 Å². The Kier molecular flexibility index (Phi) is 7.88. The molecular weight excluding hydrogens is 367 g/mol. The van der Waals surface area contributed by atoms with Crippen LogP contribution in [0.15, 0.2) is 23.2 Å². The average Bonchev–Trinajstić information content (AvgIpc) is 2.99. The Balaban J connectivity index is 2.17. The van der Waals surface area contributed by atoms with Crippen LogP contribution in [-0.4, -0.2) is 47.5 Å². The molecule has 1 saturated heterocycles. The quantitative estimate of drug-likeness (QED) is 0.633. The lowest BCUT2D eigenvalue weighted by atomic mass is 10.1. The number of halogens is 2. The van der Waals surface area contributed by atoms with E-state index >= 15 is 0 Å². The van der Waals surface area contributed by atoms with Crippen LogP contribution in [0.25, 0.3) is 0 Å². The third-order valence-electron chi connectivity index (χ3n) is 3.72. The number of carbonyl (C=O) groups excluding carboxylic acids is 1. The number of nitrogens with zero attached hydrogens (tertiary/aromatic N) is 2. The molecule has 1 heterocycles. The summed E-state index contributed by atoms with van der Waals surface area (Å²) in [5, 5.41) is 1.67. The molecule has 4 nitrogen and oxygen atoms in total. The minimum atomic E-state index is -0.136. The van der Waals surface area contributed by atoms with E-state index in [0.717, 1.165) is 23.8 Å². The molecule has 0 unspecified atom stereocenters. The normalized spacial score (nSPS) is 19.2. The van der Waals surface area contributed by atoms with E-state index in [-0.39, 0.29) is 11.9 Å². The fourth-order valence-electron chi connectivity index (χ4n) is 2.42. The smallest absolute Gasteiger partial charge is 0.261 e. The van der Waals surface area contributed by atoms with Gasteiger partial charge in [0.05, 0.1) is 10.6 Å². The summed E-state index contributed by atoms with van der Waals surface area (Å²) in [7, 11) is 0. The fourth-order valence-corrected chi connectivity index (χ4v) is 4.07. The van der Waals surface area contributed by atoms with Crippen LogP contribution in [-0.2, 0) is 4.74 Å². The van der Waals surface area contributed by atoms with Crippen molar-refractivity contribution in [2.45, 2.75) is 32.7 Å². The van der Waals surface area contributed by atoms with E-state index in [9.17, 15) is 4.79 Å². The Morgan fingerprint density at radius 3 is 2.92 bits per heavy atom. The molecule has 1 aliphatic rings. The predicted molar refractivity (Wildman–Crippen MR) is 103 cm³/mol. The van der Waals surface area contributed by atoms with Crippen LogP contribution in [0.5, 0.6) is 0 Å². The van der Waals surface area contributed by atoms with Crippen LogP contribution in [0.1, 0.15) is 37.0 Å². The zero-order valence-electron chi connectivity index (χ0n) is 13.9. The maximum Gasteiger partial charge on any atom is 0.261 e. The molecule has 0 aliphatic carbocycles. The first kappa shape index (κ1) is 19.6. The highest BCUT2D eigenvalue weighted by Gasteiger charge is 2.35. The molecule has 1 aromatic rings. The van der Waals surface area contributed by atoms with Gasteiger partial charge in [-0.2, -0.15) is 0 Å². The van der Waals surface area contributed by atoms with Crippen LogP contribution in [0.3, 0.4) is 0 Å². The molecule has 0 N–H and O–H groups in total. The Bertz CT molecular complexity index is 610. The molecule has 0 aromatic heterocycles. The summed E-state index contributed by atoms with van der Waals surface area (Å²) >= 11 is 13.8. The number of benzene rings is 1. The lowest BCUT2D eigenvalue weighted by molar-refractivity contribution is 0.0819. The molecule has 2 rings (SSSR count). The van der Waals surface area contributed by atoms with E-state index < -0.39 is 0 Å². The van der Waals surface area contributed by atoms with Crippen molar-refractivity contribution in [3.8, 4) is 0 Å². The van der Waals surface area contributed by atoms with Gasteiger partial charge in [0.2, 0.25) is 0 Å². The number of amidine groups is 1. The van der Waals surface area contributed by atoms with Gasteiger partial charge in [-0.25, -0.2) is 0 Å². The Hall–Kier alpha value is -0.750. The van der Waals surface area contributed by atoms with Gasteiger partial charge >= 0.3 is 0 Å². The van der Waals surface area contributed by atoms with Crippen molar-refractivity contribution in [1.29, 1.82) is 0 Å². The number of carbonyl (C=O) groups is 1. The second-order valence-corrected chi connectivity index (χ2v) is 7.22. The van der Waals surface area contributed by atoms with E-state index in [4.69, 9.17) is 27.9 Å². The lowest BCUT2D eigenvalue weighted by Crippen LogP contribution is -2.39. The lowest BCUT2D eigenvalue weighted by Gasteiger charge is -2.23. The molecule has 1 fully saturated rings. The Morgan fingerprint density at radius 1 is 1.42 bits per heavy atom. The number of hydrogen-bond donors (Lipinski definition) is 0. The van der Waals surface area contributed by atoms with Crippen molar-refractivity contribution in [2.24, 2.45) is 4.99 Å². The number of thioether (sulfide) groups is 1. The third kappa shape index (κ3) is 4.88.